The van der Waals surface area contributed by atoms with E-state index in [-0.39, 0.29) is 12.3 Å². The Balaban J connectivity index is 2.46. The lowest BCUT2D eigenvalue weighted by Crippen LogP contribution is -2.30. The third kappa shape index (κ3) is 6.18. The van der Waals surface area contributed by atoms with E-state index in [1.54, 1.807) is 11.0 Å². The SMILES string of the molecule is C=CCN(Cc1ccccc1)C(=O)CCCCC(=O)O. The lowest BCUT2D eigenvalue weighted by Gasteiger charge is -2.21. The molecule has 1 rings (SSSR count). The van der Waals surface area contributed by atoms with E-state index in [2.05, 4.69) is 6.58 Å². The van der Waals surface area contributed by atoms with E-state index < -0.39 is 5.97 Å². The molecule has 1 N–H and O–H groups in total. The first-order chi connectivity index (χ1) is 9.63. The molecule has 4 heteroatoms. The van der Waals surface area contributed by atoms with Crippen LogP contribution in [0.3, 0.4) is 0 Å². The first kappa shape index (κ1) is 16.0. The van der Waals surface area contributed by atoms with E-state index in [0.29, 0.717) is 32.4 Å². The van der Waals surface area contributed by atoms with Gasteiger partial charge in [0.1, 0.15) is 0 Å². The van der Waals surface area contributed by atoms with Crippen LogP contribution >= 0.6 is 0 Å². The summed E-state index contributed by atoms with van der Waals surface area (Å²) in [6, 6.07) is 9.79. The lowest BCUT2D eigenvalue weighted by molar-refractivity contribution is -0.137. The average Bonchev–Trinajstić information content (AvgIpc) is 2.44. The molecule has 0 radical (unpaired) electrons. The second-order valence-electron chi connectivity index (χ2n) is 4.65. The molecule has 1 amide bonds. The van der Waals surface area contributed by atoms with Crippen molar-refractivity contribution in [1.82, 2.24) is 4.90 Å². The maximum atomic E-state index is 12.1. The van der Waals surface area contributed by atoms with E-state index in [1.165, 1.54) is 0 Å². The standard InChI is InChI=1S/C16H21NO3/c1-2-12-17(13-14-8-4-3-5-9-14)15(18)10-6-7-11-16(19)20/h2-5,8-9H,1,6-7,10-13H2,(H,19,20). The minimum Gasteiger partial charge on any atom is -0.481 e. The summed E-state index contributed by atoms with van der Waals surface area (Å²) in [5, 5.41) is 8.56. The Morgan fingerprint density at radius 2 is 1.80 bits per heavy atom. The summed E-state index contributed by atoms with van der Waals surface area (Å²) < 4.78 is 0. The molecular formula is C16H21NO3. The number of hydrogen-bond acceptors (Lipinski definition) is 2. The summed E-state index contributed by atoms with van der Waals surface area (Å²) in [7, 11) is 0. The molecular weight excluding hydrogens is 254 g/mol. The van der Waals surface area contributed by atoms with Gasteiger partial charge in [-0.05, 0) is 18.4 Å². The largest absolute Gasteiger partial charge is 0.481 e. The molecule has 0 atom stereocenters. The molecule has 0 bridgehead atoms. The minimum absolute atomic E-state index is 0.0409. The van der Waals surface area contributed by atoms with Gasteiger partial charge in [-0.2, -0.15) is 0 Å². The van der Waals surface area contributed by atoms with Crippen molar-refractivity contribution in [3.63, 3.8) is 0 Å². The minimum atomic E-state index is -0.815. The molecule has 20 heavy (non-hydrogen) atoms. The van der Waals surface area contributed by atoms with E-state index in [9.17, 15) is 9.59 Å². The number of carbonyl (C=O) groups excluding carboxylic acids is 1. The number of rotatable bonds is 9. The highest BCUT2D eigenvalue weighted by molar-refractivity contribution is 5.76. The lowest BCUT2D eigenvalue weighted by atomic mass is 10.1. The number of carbonyl (C=O) groups is 2. The van der Waals surface area contributed by atoms with Gasteiger partial charge in [-0.25, -0.2) is 0 Å². The van der Waals surface area contributed by atoms with Crippen LogP contribution in [0.5, 0.6) is 0 Å². The number of unbranched alkanes of at least 4 members (excludes halogenated alkanes) is 1. The molecule has 4 nitrogen and oxygen atoms in total. The Morgan fingerprint density at radius 3 is 2.40 bits per heavy atom. The van der Waals surface area contributed by atoms with Gasteiger partial charge in [-0.15, -0.1) is 6.58 Å². The van der Waals surface area contributed by atoms with Crippen LogP contribution in [0.1, 0.15) is 31.2 Å². The maximum absolute atomic E-state index is 12.1. The van der Waals surface area contributed by atoms with Crippen molar-refractivity contribution in [1.29, 1.82) is 0 Å². The van der Waals surface area contributed by atoms with Crippen LogP contribution in [0.2, 0.25) is 0 Å². The molecule has 0 saturated carbocycles. The molecule has 0 aliphatic heterocycles. The number of benzene rings is 1. The fourth-order valence-electron chi connectivity index (χ4n) is 1.92. The van der Waals surface area contributed by atoms with Gasteiger partial charge in [0, 0.05) is 25.9 Å². The van der Waals surface area contributed by atoms with Crippen molar-refractivity contribution in [2.24, 2.45) is 0 Å². The molecule has 1 aromatic carbocycles. The monoisotopic (exact) mass is 275 g/mol. The van der Waals surface area contributed by atoms with Crippen LogP contribution in [-0.4, -0.2) is 28.4 Å². The number of carboxylic acid groups (broad SMARTS) is 1. The van der Waals surface area contributed by atoms with Crippen molar-refractivity contribution in [3.05, 3.63) is 48.6 Å². The number of aliphatic carboxylic acids is 1. The number of amides is 1. The molecule has 1 aromatic rings. The predicted molar refractivity (Wildman–Crippen MR) is 78.2 cm³/mol. The molecule has 0 spiro atoms. The molecule has 0 unspecified atom stereocenters. The Morgan fingerprint density at radius 1 is 1.15 bits per heavy atom. The van der Waals surface area contributed by atoms with Crippen LogP contribution in [0.15, 0.2) is 43.0 Å². The topological polar surface area (TPSA) is 57.6 Å². The second kappa shape index (κ2) is 8.91. The fourth-order valence-corrected chi connectivity index (χ4v) is 1.92. The average molecular weight is 275 g/mol. The molecule has 0 aromatic heterocycles. The Hall–Kier alpha value is -2.10. The van der Waals surface area contributed by atoms with E-state index >= 15 is 0 Å². The van der Waals surface area contributed by atoms with Crippen LogP contribution in [0, 0.1) is 0 Å². The van der Waals surface area contributed by atoms with Gasteiger partial charge in [0.05, 0.1) is 0 Å². The Bertz CT molecular complexity index is 442. The summed E-state index contributed by atoms with van der Waals surface area (Å²) in [6.45, 7) is 4.74. The van der Waals surface area contributed by atoms with Gasteiger partial charge in [0.15, 0.2) is 0 Å². The molecule has 0 aliphatic rings. The highest BCUT2D eigenvalue weighted by Gasteiger charge is 2.12. The third-order valence-electron chi connectivity index (χ3n) is 2.95. The summed E-state index contributed by atoms with van der Waals surface area (Å²) in [4.78, 5) is 24.3. The fraction of sp³-hybridized carbons (Fsp3) is 0.375. The predicted octanol–water partition coefficient (Wildman–Crippen LogP) is 2.85. The Labute approximate surface area is 119 Å². The van der Waals surface area contributed by atoms with Gasteiger partial charge in [-0.3, -0.25) is 9.59 Å². The van der Waals surface area contributed by atoms with Crippen molar-refractivity contribution >= 4 is 11.9 Å². The smallest absolute Gasteiger partial charge is 0.303 e. The quantitative estimate of drug-likeness (QED) is 0.557. The Kier molecular flexibility index (Phi) is 7.11. The van der Waals surface area contributed by atoms with Gasteiger partial charge < -0.3 is 10.0 Å². The second-order valence-corrected chi connectivity index (χ2v) is 4.65. The van der Waals surface area contributed by atoms with Crippen molar-refractivity contribution in [2.75, 3.05) is 6.54 Å². The molecule has 0 aliphatic carbocycles. The number of nitrogens with zero attached hydrogens (tertiary/aromatic N) is 1. The summed E-state index contributed by atoms with van der Waals surface area (Å²) in [6.07, 6.45) is 3.35. The van der Waals surface area contributed by atoms with E-state index in [1.807, 2.05) is 30.3 Å². The summed E-state index contributed by atoms with van der Waals surface area (Å²) in [5.41, 5.74) is 1.08. The van der Waals surface area contributed by atoms with Crippen LogP contribution in [0.25, 0.3) is 0 Å². The van der Waals surface area contributed by atoms with E-state index in [0.717, 1.165) is 5.56 Å². The molecule has 0 heterocycles. The van der Waals surface area contributed by atoms with Crippen LogP contribution < -0.4 is 0 Å². The summed E-state index contributed by atoms with van der Waals surface area (Å²) in [5.74, 6) is -0.774. The number of carboxylic acids is 1. The van der Waals surface area contributed by atoms with Gasteiger partial charge in [0.2, 0.25) is 5.91 Å². The van der Waals surface area contributed by atoms with Crippen LogP contribution in [-0.2, 0) is 16.1 Å². The maximum Gasteiger partial charge on any atom is 0.303 e. The first-order valence-electron chi connectivity index (χ1n) is 6.78. The van der Waals surface area contributed by atoms with Crippen molar-refractivity contribution in [2.45, 2.75) is 32.2 Å². The molecule has 0 saturated heterocycles. The summed E-state index contributed by atoms with van der Waals surface area (Å²) >= 11 is 0. The molecule has 108 valence electrons. The zero-order valence-electron chi connectivity index (χ0n) is 11.6. The van der Waals surface area contributed by atoms with Crippen molar-refractivity contribution in [3.8, 4) is 0 Å². The number of hydrogen-bond donors (Lipinski definition) is 1. The van der Waals surface area contributed by atoms with Crippen molar-refractivity contribution < 1.29 is 14.7 Å². The highest BCUT2D eigenvalue weighted by Crippen LogP contribution is 2.09. The molecule has 0 fully saturated rings. The zero-order chi connectivity index (χ0) is 14.8. The third-order valence-corrected chi connectivity index (χ3v) is 2.95. The zero-order valence-corrected chi connectivity index (χ0v) is 11.6. The highest BCUT2D eigenvalue weighted by atomic mass is 16.4. The first-order valence-corrected chi connectivity index (χ1v) is 6.78. The van der Waals surface area contributed by atoms with Gasteiger partial charge >= 0.3 is 5.97 Å². The van der Waals surface area contributed by atoms with Gasteiger partial charge in [-0.1, -0.05) is 36.4 Å². The van der Waals surface area contributed by atoms with E-state index in [4.69, 9.17) is 5.11 Å². The van der Waals surface area contributed by atoms with Gasteiger partial charge in [0.25, 0.3) is 0 Å². The van der Waals surface area contributed by atoms with Crippen LogP contribution in [0.4, 0.5) is 0 Å². The normalized spacial score (nSPS) is 10.0.